The number of rotatable bonds is 41. The van der Waals surface area contributed by atoms with Gasteiger partial charge in [0.25, 0.3) is 10.1 Å². The zero-order valence-electron chi connectivity index (χ0n) is 35.8. The molecule has 3 N–H and O–H groups in total. The van der Waals surface area contributed by atoms with Crippen LogP contribution in [-0.2, 0) is 14.9 Å². The number of amides is 1. The number of nitrogens with one attached hydrogen (secondary N) is 1. The molecule has 2 unspecified atom stereocenters. The summed E-state index contributed by atoms with van der Waals surface area (Å²) < 4.78 is 32.7. The van der Waals surface area contributed by atoms with Gasteiger partial charge in [-0.25, -0.2) is 0 Å². The number of hydrogen-bond acceptors (Lipinski definition) is 4. The molecule has 0 aliphatic carbocycles. The van der Waals surface area contributed by atoms with Gasteiger partial charge in [0.1, 0.15) is 0 Å². The van der Waals surface area contributed by atoms with Crippen LogP contribution in [0.3, 0.4) is 0 Å². The monoisotopic (exact) mass is 790 g/mol. The summed E-state index contributed by atoms with van der Waals surface area (Å²) in [6.07, 6.45) is 57.4. The molecule has 0 radical (unpaired) electrons. The third-order valence-corrected chi connectivity index (χ3v) is 11.0. The first-order valence-corrected chi connectivity index (χ1v) is 24.6. The average molecular weight is 790 g/mol. The topological polar surface area (TPSA) is 104 Å². The summed E-state index contributed by atoms with van der Waals surface area (Å²) in [5.74, 6) is -0.912. The van der Waals surface area contributed by atoms with Gasteiger partial charge in [-0.3, -0.25) is 9.35 Å². The number of carbonyl (C=O) groups excluding carboxylic acids is 1. The summed E-state index contributed by atoms with van der Waals surface area (Å²) in [5, 5.41) is 13.4. The number of hydrogen-bond donors (Lipinski definition) is 3. The van der Waals surface area contributed by atoms with Gasteiger partial charge in [0.2, 0.25) is 5.91 Å². The summed E-state index contributed by atoms with van der Waals surface area (Å²) in [6, 6.07) is -0.980. The predicted molar refractivity (Wildman–Crippen MR) is 239 cm³/mol. The first kappa shape index (κ1) is 53.0. The summed E-state index contributed by atoms with van der Waals surface area (Å²) in [7, 11) is -4.32. The standard InChI is InChI=1S/C48H87NO5S/c1-3-5-7-9-11-13-15-17-19-21-22-23-24-25-26-28-30-32-34-36-38-40-42-44-48(51)49-46(45-55(52,53)54)47(50)43-41-39-37-35-33-31-29-27-20-18-16-14-12-10-8-6-4-2/h5,7,11,13,17,19,22-23,25-26,46-47,50H,3-4,6,8-10,12,14-16,18,20-21,24,27-45H2,1-2H3,(H,49,51)(H,52,53,54)/b7-5-,13-11-,19-17-,23-22-,26-25-. The lowest BCUT2D eigenvalue weighted by molar-refractivity contribution is -0.122. The van der Waals surface area contributed by atoms with E-state index < -0.39 is 28.0 Å². The molecule has 6 nitrogen and oxygen atoms in total. The number of aliphatic hydroxyl groups is 1. The Morgan fingerprint density at radius 1 is 0.509 bits per heavy atom. The Balaban J connectivity index is 3.85. The zero-order valence-corrected chi connectivity index (χ0v) is 36.6. The number of allylic oxidation sites excluding steroid dienone is 10. The molecule has 0 aliphatic heterocycles. The molecule has 1 amide bonds. The van der Waals surface area contributed by atoms with E-state index in [0.29, 0.717) is 12.8 Å². The van der Waals surface area contributed by atoms with Gasteiger partial charge >= 0.3 is 0 Å². The highest BCUT2D eigenvalue weighted by Gasteiger charge is 2.26. The molecule has 0 aliphatic rings. The van der Waals surface area contributed by atoms with Gasteiger partial charge in [-0.1, -0.05) is 216 Å². The molecule has 0 rings (SSSR count). The Morgan fingerprint density at radius 3 is 1.29 bits per heavy atom. The van der Waals surface area contributed by atoms with E-state index in [9.17, 15) is 22.9 Å². The molecule has 320 valence electrons. The molecule has 0 heterocycles. The van der Waals surface area contributed by atoms with Crippen LogP contribution < -0.4 is 5.32 Å². The van der Waals surface area contributed by atoms with Crippen molar-refractivity contribution in [2.24, 2.45) is 0 Å². The Hall–Kier alpha value is -1.96. The van der Waals surface area contributed by atoms with Crippen LogP contribution in [0.2, 0.25) is 0 Å². The number of unbranched alkanes of at least 4 members (excludes halogenated alkanes) is 23. The van der Waals surface area contributed by atoms with Gasteiger partial charge in [-0.15, -0.1) is 0 Å². The second kappa shape index (κ2) is 41.7. The SMILES string of the molecule is CC/C=C\C/C=C\C/C=C\C/C=C\C/C=C\CCCCCCCCCC(=O)NC(CS(=O)(=O)O)C(O)CCCCCCCCCCCCCCCCCCC. The fourth-order valence-electron chi connectivity index (χ4n) is 6.83. The zero-order chi connectivity index (χ0) is 40.3. The normalized spacial score (nSPS) is 13.7. The third-order valence-electron chi connectivity index (χ3n) is 10.2. The lowest BCUT2D eigenvalue weighted by atomic mass is 10.0. The minimum absolute atomic E-state index is 0.257. The molecule has 2 atom stereocenters. The van der Waals surface area contributed by atoms with Crippen molar-refractivity contribution in [3.8, 4) is 0 Å². The lowest BCUT2D eigenvalue weighted by Crippen LogP contribution is -2.47. The van der Waals surface area contributed by atoms with Gasteiger partial charge in [-0.2, -0.15) is 8.42 Å². The van der Waals surface area contributed by atoms with Crippen LogP contribution in [0.1, 0.15) is 219 Å². The highest BCUT2D eigenvalue weighted by molar-refractivity contribution is 7.85. The molecule has 0 bridgehead atoms. The molecule has 0 aromatic rings. The van der Waals surface area contributed by atoms with Crippen molar-refractivity contribution in [1.82, 2.24) is 5.32 Å². The van der Waals surface area contributed by atoms with Crippen LogP contribution in [0, 0.1) is 0 Å². The van der Waals surface area contributed by atoms with E-state index in [1.54, 1.807) is 0 Å². The van der Waals surface area contributed by atoms with E-state index in [2.05, 4.69) is 79.9 Å². The maximum absolute atomic E-state index is 12.6. The average Bonchev–Trinajstić information content (AvgIpc) is 3.15. The van der Waals surface area contributed by atoms with Crippen LogP contribution >= 0.6 is 0 Å². The molecule has 0 aromatic heterocycles. The second-order valence-electron chi connectivity index (χ2n) is 15.7. The molecular formula is C48H87NO5S. The van der Waals surface area contributed by atoms with Crippen molar-refractivity contribution in [3.63, 3.8) is 0 Å². The molecule has 0 fully saturated rings. The minimum atomic E-state index is -4.32. The summed E-state index contributed by atoms with van der Waals surface area (Å²) >= 11 is 0. The molecular weight excluding hydrogens is 703 g/mol. The van der Waals surface area contributed by atoms with Crippen molar-refractivity contribution < 1.29 is 22.9 Å². The van der Waals surface area contributed by atoms with E-state index in [0.717, 1.165) is 83.5 Å². The van der Waals surface area contributed by atoms with Crippen LogP contribution in [0.15, 0.2) is 60.8 Å². The van der Waals surface area contributed by atoms with Gasteiger partial charge in [0, 0.05) is 6.42 Å². The Bertz CT molecular complexity index is 1090. The van der Waals surface area contributed by atoms with Crippen LogP contribution in [-0.4, -0.2) is 41.9 Å². The Labute approximate surface area is 341 Å². The Kier molecular flexibility index (Phi) is 40.2. The molecule has 0 spiro atoms. The fraction of sp³-hybridized carbons (Fsp3) is 0.771. The van der Waals surface area contributed by atoms with Gasteiger partial charge < -0.3 is 10.4 Å². The number of carbonyl (C=O) groups is 1. The van der Waals surface area contributed by atoms with E-state index in [1.807, 2.05) is 0 Å². The smallest absolute Gasteiger partial charge is 0.266 e. The lowest BCUT2D eigenvalue weighted by Gasteiger charge is -2.23. The molecule has 0 saturated carbocycles. The number of aliphatic hydroxyl groups excluding tert-OH is 1. The van der Waals surface area contributed by atoms with Crippen molar-refractivity contribution in [2.75, 3.05) is 5.75 Å². The highest BCUT2D eigenvalue weighted by atomic mass is 32.2. The Morgan fingerprint density at radius 2 is 0.873 bits per heavy atom. The second-order valence-corrected chi connectivity index (χ2v) is 17.2. The van der Waals surface area contributed by atoms with E-state index in [1.165, 1.54) is 109 Å². The molecule has 0 saturated heterocycles. The van der Waals surface area contributed by atoms with E-state index in [-0.39, 0.29) is 5.91 Å². The van der Waals surface area contributed by atoms with Crippen molar-refractivity contribution in [2.45, 2.75) is 231 Å². The summed E-state index contributed by atoms with van der Waals surface area (Å²) in [4.78, 5) is 12.6. The minimum Gasteiger partial charge on any atom is -0.391 e. The van der Waals surface area contributed by atoms with Gasteiger partial charge in [-0.05, 0) is 57.8 Å². The third kappa shape index (κ3) is 43.0. The predicted octanol–water partition coefficient (Wildman–Crippen LogP) is 14.0. The first-order chi connectivity index (χ1) is 26.8. The van der Waals surface area contributed by atoms with Crippen molar-refractivity contribution >= 4 is 16.0 Å². The molecule has 0 aromatic carbocycles. The maximum atomic E-state index is 12.6. The first-order valence-electron chi connectivity index (χ1n) is 23.0. The maximum Gasteiger partial charge on any atom is 0.266 e. The fourth-order valence-corrected chi connectivity index (χ4v) is 7.59. The highest BCUT2D eigenvalue weighted by Crippen LogP contribution is 2.16. The van der Waals surface area contributed by atoms with Crippen LogP contribution in [0.4, 0.5) is 0 Å². The van der Waals surface area contributed by atoms with E-state index >= 15 is 0 Å². The van der Waals surface area contributed by atoms with Crippen LogP contribution in [0.5, 0.6) is 0 Å². The molecule has 55 heavy (non-hydrogen) atoms. The van der Waals surface area contributed by atoms with Crippen molar-refractivity contribution in [3.05, 3.63) is 60.8 Å². The van der Waals surface area contributed by atoms with E-state index in [4.69, 9.17) is 0 Å². The van der Waals surface area contributed by atoms with Gasteiger partial charge in [0.15, 0.2) is 0 Å². The summed E-state index contributed by atoms with van der Waals surface area (Å²) in [6.45, 7) is 4.42. The largest absolute Gasteiger partial charge is 0.391 e. The van der Waals surface area contributed by atoms with Gasteiger partial charge in [0.05, 0.1) is 17.9 Å². The molecule has 7 heteroatoms. The quantitative estimate of drug-likeness (QED) is 0.0325. The van der Waals surface area contributed by atoms with Crippen molar-refractivity contribution in [1.29, 1.82) is 0 Å². The summed E-state index contributed by atoms with van der Waals surface area (Å²) in [5.41, 5.74) is 0. The van der Waals surface area contributed by atoms with Crippen LogP contribution in [0.25, 0.3) is 0 Å².